The van der Waals surface area contributed by atoms with E-state index in [-0.39, 0.29) is 16.6 Å². The van der Waals surface area contributed by atoms with Crippen molar-refractivity contribution < 1.29 is 9.53 Å². The summed E-state index contributed by atoms with van der Waals surface area (Å²) in [7, 11) is 1.66. The van der Waals surface area contributed by atoms with Gasteiger partial charge in [0, 0.05) is 35.8 Å². The highest BCUT2D eigenvalue weighted by molar-refractivity contribution is 7.98. The first-order valence-corrected chi connectivity index (χ1v) is 10.4. The Kier molecular flexibility index (Phi) is 5.28. The molecule has 0 bridgehead atoms. The summed E-state index contributed by atoms with van der Waals surface area (Å²) in [5.74, 6) is 0.656. The highest BCUT2D eigenvalue weighted by Crippen LogP contribution is 2.32. The number of carbonyl (C=O) groups is 1. The lowest BCUT2D eigenvalue weighted by atomic mass is 9.98. The molecule has 0 spiro atoms. The fraction of sp³-hybridized carbons (Fsp3) is 0.250. The molecule has 1 aliphatic rings. The molecule has 8 heteroatoms. The zero-order valence-electron chi connectivity index (χ0n) is 15.5. The van der Waals surface area contributed by atoms with Gasteiger partial charge in [-0.05, 0) is 36.4 Å². The van der Waals surface area contributed by atoms with Gasteiger partial charge in [0.1, 0.15) is 5.75 Å². The number of amides is 1. The number of aromatic nitrogens is 3. The van der Waals surface area contributed by atoms with Crippen molar-refractivity contribution in [1.29, 1.82) is 0 Å². The van der Waals surface area contributed by atoms with Gasteiger partial charge in [-0.25, -0.2) is 9.97 Å². The molecule has 3 heterocycles. The van der Waals surface area contributed by atoms with Crippen LogP contribution in [0.4, 0.5) is 0 Å². The fourth-order valence-electron chi connectivity index (χ4n) is 3.34. The highest BCUT2D eigenvalue weighted by Gasteiger charge is 2.24. The van der Waals surface area contributed by atoms with Crippen molar-refractivity contribution in [1.82, 2.24) is 19.9 Å². The average Bonchev–Trinajstić information content (AvgIpc) is 3.17. The number of rotatable bonds is 4. The molecule has 0 unspecified atom stereocenters. The first-order chi connectivity index (χ1) is 13.6. The minimum Gasteiger partial charge on any atom is -0.497 e. The van der Waals surface area contributed by atoms with Crippen LogP contribution in [0.25, 0.3) is 16.5 Å². The van der Waals surface area contributed by atoms with E-state index in [9.17, 15) is 4.79 Å². The standard InChI is InChI=1S/C20H19ClN4O2S/c1-27-13-3-4-17-14(9-13)15(10-22-17)12-5-7-25(8-6-12)19(26)18-16(21)11-23-20(24-18)28-2/h3-5,9-11,22H,6-8H2,1-2H3. The molecule has 0 radical (unpaired) electrons. The Labute approximate surface area is 172 Å². The number of hydrogen-bond acceptors (Lipinski definition) is 5. The summed E-state index contributed by atoms with van der Waals surface area (Å²) < 4.78 is 5.35. The van der Waals surface area contributed by atoms with E-state index in [1.165, 1.54) is 23.5 Å². The fourth-order valence-corrected chi connectivity index (χ4v) is 3.85. The maximum Gasteiger partial charge on any atom is 0.274 e. The smallest absolute Gasteiger partial charge is 0.274 e. The molecule has 6 nitrogen and oxygen atoms in total. The Morgan fingerprint density at radius 2 is 2.25 bits per heavy atom. The van der Waals surface area contributed by atoms with Crippen LogP contribution < -0.4 is 4.74 Å². The summed E-state index contributed by atoms with van der Waals surface area (Å²) in [6.45, 7) is 1.12. The molecular formula is C20H19ClN4O2S. The summed E-state index contributed by atoms with van der Waals surface area (Å²) >= 11 is 7.54. The third-order valence-electron chi connectivity index (χ3n) is 4.84. The minimum absolute atomic E-state index is 0.168. The van der Waals surface area contributed by atoms with E-state index in [4.69, 9.17) is 16.3 Å². The Bertz CT molecular complexity index is 1080. The molecule has 0 atom stereocenters. The van der Waals surface area contributed by atoms with Crippen LogP contribution in [0.2, 0.25) is 5.02 Å². The highest BCUT2D eigenvalue weighted by atomic mass is 35.5. The molecule has 0 aliphatic carbocycles. The molecule has 0 saturated carbocycles. The third-order valence-corrected chi connectivity index (χ3v) is 5.68. The zero-order chi connectivity index (χ0) is 19.7. The summed E-state index contributed by atoms with van der Waals surface area (Å²) in [6.07, 6.45) is 8.21. The van der Waals surface area contributed by atoms with E-state index in [0.717, 1.165) is 28.6 Å². The van der Waals surface area contributed by atoms with Gasteiger partial charge in [0.15, 0.2) is 10.9 Å². The number of fused-ring (bicyclic) bond motifs is 1. The predicted octanol–water partition coefficient (Wildman–Crippen LogP) is 4.27. The summed E-state index contributed by atoms with van der Waals surface area (Å²) in [5, 5.41) is 1.93. The second-order valence-electron chi connectivity index (χ2n) is 6.40. The van der Waals surface area contributed by atoms with Crippen LogP contribution in [0, 0.1) is 0 Å². The van der Waals surface area contributed by atoms with E-state index in [1.807, 2.05) is 30.7 Å². The first-order valence-electron chi connectivity index (χ1n) is 8.81. The topological polar surface area (TPSA) is 71.1 Å². The number of thioether (sulfide) groups is 1. The summed E-state index contributed by atoms with van der Waals surface area (Å²) in [6, 6.07) is 5.98. The number of aromatic amines is 1. The van der Waals surface area contributed by atoms with Crippen LogP contribution in [0.5, 0.6) is 5.75 Å². The number of carbonyl (C=O) groups excluding carboxylic acids is 1. The van der Waals surface area contributed by atoms with E-state index >= 15 is 0 Å². The van der Waals surface area contributed by atoms with E-state index in [2.05, 4.69) is 21.0 Å². The number of ether oxygens (including phenoxy) is 1. The number of halogens is 1. The molecule has 2 aromatic heterocycles. The SMILES string of the molecule is COc1ccc2[nH]cc(C3=CCN(C(=O)c4nc(SC)ncc4Cl)CC3)c2c1. The van der Waals surface area contributed by atoms with Gasteiger partial charge in [-0.2, -0.15) is 0 Å². The monoisotopic (exact) mass is 414 g/mol. The quantitative estimate of drug-likeness (QED) is 0.510. The van der Waals surface area contributed by atoms with Crippen LogP contribution in [0.15, 0.2) is 41.8 Å². The molecular weight excluding hydrogens is 396 g/mol. The van der Waals surface area contributed by atoms with Crippen LogP contribution in [0.3, 0.4) is 0 Å². The van der Waals surface area contributed by atoms with Gasteiger partial charge in [0.25, 0.3) is 5.91 Å². The molecule has 1 aromatic carbocycles. The Morgan fingerprint density at radius 1 is 1.39 bits per heavy atom. The van der Waals surface area contributed by atoms with Crippen LogP contribution in [-0.2, 0) is 0 Å². The molecule has 1 amide bonds. The van der Waals surface area contributed by atoms with Crippen molar-refractivity contribution in [2.45, 2.75) is 11.6 Å². The lowest BCUT2D eigenvalue weighted by Crippen LogP contribution is -2.35. The molecule has 28 heavy (non-hydrogen) atoms. The number of hydrogen-bond donors (Lipinski definition) is 1. The molecule has 0 saturated heterocycles. The van der Waals surface area contributed by atoms with E-state index < -0.39 is 0 Å². The first kappa shape index (κ1) is 18.8. The molecule has 0 fully saturated rings. The predicted molar refractivity (Wildman–Crippen MR) is 112 cm³/mol. The van der Waals surface area contributed by atoms with Crippen molar-refractivity contribution in [3.8, 4) is 5.75 Å². The second kappa shape index (κ2) is 7.85. The molecule has 144 valence electrons. The number of H-pyrrole nitrogens is 1. The Morgan fingerprint density at radius 3 is 2.96 bits per heavy atom. The van der Waals surface area contributed by atoms with Crippen LogP contribution in [0.1, 0.15) is 22.5 Å². The maximum absolute atomic E-state index is 12.9. The lowest BCUT2D eigenvalue weighted by molar-refractivity contribution is 0.0766. The van der Waals surface area contributed by atoms with Gasteiger partial charge in [-0.3, -0.25) is 4.79 Å². The van der Waals surface area contributed by atoms with E-state index in [0.29, 0.717) is 18.2 Å². The van der Waals surface area contributed by atoms with Crippen molar-refractivity contribution in [3.05, 3.63) is 52.9 Å². The van der Waals surface area contributed by atoms with E-state index in [1.54, 1.807) is 12.0 Å². The minimum atomic E-state index is -0.168. The van der Waals surface area contributed by atoms with Crippen molar-refractivity contribution in [2.24, 2.45) is 0 Å². The zero-order valence-corrected chi connectivity index (χ0v) is 17.1. The van der Waals surface area contributed by atoms with Gasteiger partial charge in [0.2, 0.25) is 0 Å². The van der Waals surface area contributed by atoms with Crippen molar-refractivity contribution in [3.63, 3.8) is 0 Å². The summed E-state index contributed by atoms with van der Waals surface area (Å²) in [5.41, 5.74) is 3.68. The number of nitrogens with zero attached hydrogens (tertiary/aromatic N) is 3. The second-order valence-corrected chi connectivity index (χ2v) is 7.58. The van der Waals surface area contributed by atoms with Gasteiger partial charge >= 0.3 is 0 Å². The molecule has 3 aromatic rings. The average molecular weight is 415 g/mol. The van der Waals surface area contributed by atoms with Crippen molar-refractivity contribution >= 4 is 45.7 Å². The summed E-state index contributed by atoms with van der Waals surface area (Å²) in [4.78, 5) is 26.3. The van der Waals surface area contributed by atoms with Gasteiger partial charge < -0.3 is 14.6 Å². The normalized spacial score (nSPS) is 14.2. The van der Waals surface area contributed by atoms with Gasteiger partial charge in [-0.1, -0.05) is 29.4 Å². The number of nitrogens with one attached hydrogen (secondary N) is 1. The van der Waals surface area contributed by atoms with Crippen LogP contribution in [-0.4, -0.2) is 52.2 Å². The lowest BCUT2D eigenvalue weighted by Gasteiger charge is -2.26. The number of methoxy groups -OCH3 is 1. The third kappa shape index (κ3) is 3.47. The largest absolute Gasteiger partial charge is 0.497 e. The number of benzene rings is 1. The maximum atomic E-state index is 12.9. The Balaban J connectivity index is 1.58. The van der Waals surface area contributed by atoms with Crippen molar-refractivity contribution in [2.75, 3.05) is 26.5 Å². The molecule has 4 rings (SSSR count). The Hall–Kier alpha value is -2.51. The van der Waals surface area contributed by atoms with Crippen LogP contribution >= 0.6 is 23.4 Å². The van der Waals surface area contributed by atoms with Gasteiger partial charge in [-0.15, -0.1) is 0 Å². The van der Waals surface area contributed by atoms with Gasteiger partial charge in [0.05, 0.1) is 18.3 Å². The molecule has 1 N–H and O–H groups in total. The molecule has 1 aliphatic heterocycles.